The van der Waals surface area contributed by atoms with E-state index in [1.807, 2.05) is 24.3 Å². The van der Waals surface area contributed by atoms with Crippen LogP contribution in [0.3, 0.4) is 0 Å². The Labute approximate surface area is 197 Å². The van der Waals surface area contributed by atoms with Crippen LogP contribution in [0.4, 0.5) is 5.69 Å². The van der Waals surface area contributed by atoms with Crippen LogP contribution < -0.4 is 14.8 Å². The number of benzene rings is 3. The summed E-state index contributed by atoms with van der Waals surface area (Å²) in [5.41, 5.74) is 2.52. The van der Waals surface area contributed by atoms with Gasteiger partial charge in [-0.25, -0.2) is 13.2 Å². The molecule has 0 saturated carbocycles. The third kappa shape index (κ3) is 7.20. The molecule has 5 N–H and O–H groups in total. The van der Waals surface area contributed by atoms with Crippen LogP contribution in [0.5, 0.6) is 11.5 Å². The van der Waals surface area contributed by atoms with Crippen LogP contribution in [-0.4, -0.2) is 55.7 Å². The Hall–Kier alpha value is -3.60. The van der Waals surface area contributed by atoms with Crippen molar-refractivity contribution >= 4 is 21.7 Å². The molecule has 0 unspecified atom stereocenters. The number of rotatable bonds is 11. The van der Waals surface area contributed by atoms with Gasteiger partial charge in [0, 0.05) is 13.1 Å². The minimum Gasteiger partial charge on any atom is -0.506 e. The van der Waals surface area contributed by atoms with E-state index in [9.17, 15) is 23.4 Å². The van der Waals surface area contributed by atoms with Crippen molar-refractivity contribution in [2.45, 2.75) is 6.10 Å². The number of anilines is 1. The molecule has 180 valence electrons. The number of carbonyl (C=O) groups is 1. The molecule has 0 radical (unpaired) electrons. The highest BCUT2D eigenvalue weighted by Crippen LogP contribution is 2.28. The maximum absolute atomic E-state index is 11.4. The number of sulfonamides is 1. The van der Waals surface area contributed by atoms with Gasteiger partial charge in [-0.1, -0.05) is 30.3 Å². The van der Waals surface area contributed by atoms with E-state index in [4.69, 9.17) is 9.84 Å². The van der Waals surface area contributed by atoms with Crippen LogP contribution in [0, 0.1) is 0 Å². The van der Waals surface area contributed by atoms with Gasteiger partial charge in [0.05, 0.1) is 23.6 Å². The SMILES string of the molecule is CS(=O)(=O)Nc1cc([C@@H](O)CNCCOc2ccc(-c3ccc(C(=O)O)cc3)cc2)ccc1O. The molecule has 34 heavy (non-hydrogen) atoms. The lowest BCUT2D eigenvalue weighted by Gasteiger charge is -2.15. The third-order valence-electron chi connectivity index (χ3n) is 4.91. The lowest BCUT2D eigenvalue weighted by molar-refractivity contribution is 0.0697. The Kier molecular flexibility index (Phi) is 8.11. The molecular formula is C24H26N2O7S. The van der Waals surface area contributed by atoms with E-state index in [1.54, 1.807) is 24.3 Å². The van der Waals surface area contributed by atoms with E-state index in [0.29, 0.717) is 24.5 Å². The van der Waals surface area contributed by atoms with Crippen LogP contribution in [0.2, 0.25) is 0 Å². The van der Waals surface area contributed by atoms with E-state index in [0.717, 1.165) is 17.4 Å². The van der Waals surface area contributed by atoms with Gasteiger partial charge in [-0.05, 0) is 53.1 Å². The molecule has 0 aliphatic rings. The number of hydrogen-bond donors (Lipinski definition) is 5. The number of nitrogens with one attached hydrogen (secondary N) is 2. The zero-order valence-corrected chi connectivity index (χ0v) is 19.2. The number of phenolic OH excluding ortho intramolecular Hbond substituents is 1. The van der Waals surface area contributed by atoms with Gasteiger partial charge in [0.2, 0.25) is 10.0 Å². The van der Waals surface area contributed by atoms with Gasteiger partial charge < -0.3 is 25.4 Å². The smallest absolute Gasteiger partial charge is 0.335 e. The molecule has 0 amide bonds. The van der Waals surface area contributed by atoms with Crippen molar-refractivity contribution in [2.75, 3.05) is 30.7 Å². The monoisotopic (exact) mass is 486 g/mol. The van der Waals surface area contributed by atoms with Crippen LogP contribution in [0.25, 0.3) is 11.1 Å². The molecular weight excluding hydrogens is 460 g/mol. The van der Waals surface area contributed by atoms with Gasteiger partial charge in [0.25, 0.3) is 0 Å². The lowest BCUT2D eigenvalue weighted by atomic mass is 10.0. The number of aliphatic hydroxyl groups excluding tert-OH is 1. The summed E-state index contributed by atoms with van der Waals surface area (Å²) < 4.78 is 30.7. The first-order valence-electron chi connectivity index (χ1n) is 10.4. The number of carboxylic acid groups (broad SMARTS) is 1. The van der Waals surface area contributed by atoms with E-state index >= 15 is 0 Å². The van der Waals surface area contributed by atoms with E-state index in [1.165, 1.54) is 18.2 Å². The van der Waals surface area contributed by atoms with Crippen molar-refractivity contribution in [2.24, 2.45) is 0 Å². The van der Waals surface area contributed by atoms with Gasteiger partial charge in [-0.2, -0.15) is 0 Å². The van der Waals surface area contributed by atoms with Crippen molar-refractivity contribution in [1.29, 1.82) is 0 Å². The fourth-order valence-electron chi connectivity index (χ4n) is 3.19. The van der Waals surface area contributed by atoms with Gasteiger partial charge in [0.1, 0.15) is 18.1 Å². The van der Waals surface area contributed by atoms with E-state index in [2.05, 4.69) is 10.0 Å². The van der Waals surface area contributed by atoms with Crippen molar-refractivity contribution < 1.29 is 33.3 Å². The summed E-state index contributed by atoms with van der Waals surface area (Å²) >= 11 is 0. The van der Waals surface area contributed by atoms with Gasteiger partial charge >= 0.3 is 5.97 Å². The summed E-state index contributed by atoms with van der Waals surface area (Å²) in [7, 11) is -3.56. The first kappa shape index (κ1) is 25.0. The molecule has 0 fully saturated rings. The van der Waals surface area contributed by atoms with Gasteiger partial charge in [-0.3, -0.25) is 4.72 Å². The van der Waals surface area contributed by atoms with Crippen LogP contribution in [-0.2, 0) is 10.0 Å². The summed E-state index contributed by atoms with van der Waals surface area (Å²) in [6.45, 7) is 1.02. The molecule has 0 aromatic heterocycles. The first-order chi connectivity index (χ1) is 16.1. The first-order valence-corrected chi connectivity index (χ1v) is 12.3. The standard InChI is InChI=1S/C24H26N2O7S/c1-34(31,32)26-21-14-19(8-11-22(21)27)23(28)15-25-12-13-33-20-9-6-17(7-10-20)16-2-4-18(5-3-16)24(29)30/h2-11,14,23,25-28H,12-13,15H2,1H3,(H,29,30)/t23-/m0/s1. The van der Waals surface area contributed by atoms with E-state index in [-0.39, 0.29) is 23.5 Å². The molecule has 10 heteroatoms. The van der Waals surface area contributed by atoms with Crippen LogP contribution in [0.15, 0.2) is 66.7 Å². The Morgan fingerprint density at radius 1 is 1.00 bits per heavy atom. The number of aliphatic hydroxyl groups is 1. The number of phenols is 1. The lowest BCUT2D eigenvalue weighted by Crippen LogP contribution is -2.26. The second-order valence-corrected chi connectivity index (χ2v) is 9.37. The van der Waals surface area contributed by atoms with E-state index < -0.39 is 22.1 Å². The minimum atomic E-state index is -3.56. The second-order valence-electron chi connectivity index (χ2n) is 7.63. The number of ether oxygens (including phenoxy) is 1. The summed E-state index contributed by atoms with van der Waals surface area (Å²) in [5, 5.41) is 32.2. The predicted molar refractivity (Wildman–Crippen MR) is 129 cm³/mol. The molecule has 0 heterocycles. The molecule has 3 rings (SSSR count). The molecule has 1 atom stereocenters. The quantitative estimate of drug-likeness (QED) is 0.205. The highest BCUT2D eigenvalue weighted by atomic mass is 32.2. The molecule has 3 aromatic carbocycles. The molecule has 0 aliphatic carbocycles. The maximum atomic E-state index is 11.4. The average Bonchev–Trinajstić information content (AvgIpc) is 2.80. The fraction of sp³-hybridized carbons (Fsp3) is 0.208. The Morgan fingerprint density at radius 2 is 1.62 bits per heavy atom. The molecule has 3 aromatic rings. The zero-order valence-electron chi connectivity index (χ0n) is 18.4. The molecule has 0 spiro atoms. The summed E-state index contributed by atoms with van der Waals surface area (Å²) in [6.07, 6.45) is 0.0657. The number of hydrogen-bond acceptors (Lipinski definition) is 7. The summed E-state index contributed by atoms with van der Waals surface area (Å²) in [4.78, 5) is 11.0. The van der Waals surface area contributed by atoms with Crippen LogP contribution >= 0.6 is 0 Å². The number of carboxylic acids is 1. The number of aromatic hydroxyl groups is 1. The maximum Gasteiger partial charge on any atom is 0.335 e. The largest absolute Gasteiger partial charge is 0.506 e. The minimum absolute atomic E-state index is 0.00339. The molecule has 9 nitrogen and oxygen atoms in total. The fourth-order valence-corrected chi connectivity index (χ4v) is 3.75. The normalized spacial score (nSPS) is 12.2. The third-order valence-corrected chi connectivity index (χ3v) is 5.50. The van der Waals surface area contributed by atoms with Gasteiger partial charge in [0.15, 0.2) is 0 Å². The highest BCUT2D eigenvalue weighted by molar-refractivity contribution is 7.92. The Morgan fingerprint density at radius 3 is 2.21 bits per heavy atom. The number of aromatic carboxylic acids is 1. The summed E-state index contributed by atoms with van der Waals surface area (Å²) in [6, 6.07) is 18.3. The van der Waals surface area contributed by atoms with Crippen molar-refractivity contribution in [3.05, 3.63) is 77.9 Å². The summed E-state index contributed by atoms with van der Waals surface area (Å²) in [5.74, 6) is -0.525. The van der Waals surface area contributed by atoms with Crippen molar-refractivity contribution in [3.8, 4) is 22.6 Å². The topological polar surface area (TPSA) is 145 Å². The average molecular weight is 487 g/mol. The predicted octanol–water partition coefficient (Wildman–Crippen LogP) is 2.83. The van der Waals surface area contributed by atoms with Gasteiger partial charge in [-0.15, -0.1) is 0 Å². The Bertz CT molecular complexity index is 1230. The van der Waals surface area contributed by atoms with Crippen LogP contribution in [0.1, 0.15) is 22.0 Å². The van der Waals surface area contributed by atoms with Crippen molar-refractivity contribution in [1.82, 2.24) is 5.32 Å². The highest BCUT2D eigenvalue weighted by Gasteiger charge is 2.13. The zero-order chi connectivity index (χ0) is 24.7. The second kappa shape index (κ2) is 11.0. The Balaban J connectivity index is 1.45. The van der Waals surface area contributed by atoms with Crippen molar-refractivity contribution in [3.63, 3.8) is 0 Å². The molecule has 0 bridgehead atoms. The molecule has 0 saturated heterocycles. The molecule has 0 aliphatic heterocycles.